The Labute approximate surface area is 188 Å². The molecule has 174 valence electrons. The van der Waals surface area contributed by atoms with E-state index in [1.807, 2.05) is 18.7 Å². The highest BCUT2D eigenvalue weighted by molar-refractivity contribution is 5.95. The van der Waals surface area contributed by atoms with Crippen LogP contribution >= 0.6 is 0 Å². The number of likely N-dealkylation sites (tertiary alicyclic amines) is 1. The Bertz CT molecular complexity index is 829. The molecule has 1 saturated heterocycles. The Morgan fingerprint density at radius 2 is 1.75 bits per heavy atom. The minimum atomic E-state index is -0.520. The number of hydrogen-bond acceptors (Lipinski definition) is 6. The number of nitrogens with one attached hydrogen (secondary N) is 1. The SMILES string of the molecule is CC(C)COC(=O)c1ccc(NC(=O)COC(=O)[C@H]2CC(=O)N(C3CCCCC3)C2)cc1. The summed E-state index contributed by atoms with van der Waals surface area (Å²) < 4.78 is 10.3. The smallest absolute Gasteiger partial charge is 0.338 e. The zero-order chi connectivity index (χ0) is 23.1. The Morgan fingerprint density at radius 1 is 1.06 bits per heavy atom. The summed E-state index contributed by atoms with van der Waals surface area (Å²) in [6, 6.07) is 6.53. The molecule has 1 aliphatic heterocycles. The lowest BCUT2D eigenvalue weighted by Crippen LogP contribution is -2.38. The lowest BCUT2D eigenvalue weighted by atomic mass is 9.94. The summed E-state index contributed by atoms with van der Waals surface area (Å²) >= 11 is 0. The van der Waals surface area contributed by atoms with Crippen LogP contribution in [0.3, 0.4) is 0 Å². The van der Waals surface area contributed by atoms with Crippen LogP contribution in [0.2, 0.25) is 0 Å². The van der Waals surface area contributed by atoms with Gasteiger partial charge in [-0.3, -0.25) is 14.4 Å². The van der Waals surface area contributed by atoms with Crippen LogP contribution < -0.4 is 5.32 Å². The average molecular weight is 445 g/mol. The molecule has 8 nitrogen and oxygen atoms in total. The van der Waals surface area contributed by atoms with Gasteiger partial charge in [0, 0.05) is 24.7 Å². The summed E-state index contributed by atoms with van der Waals surface area (Å²) in [6.07, 6.45) is 5.55. The van der Waals surface area contributed by atoms with Gasteiger partial charge in [0.05, 0.1) is 18.1 Å². The third-order valence-corrected chi connectivity index (χ3v) is 5.80. The van der Waals surface area contributed by atoms with Crippen molar-refractivity contribution in [3.63, 3.8) is 0 Å². The third kappa shape index (κ3) is 6.55. The lowest BCUT2D eigenvalue weighted by Gasteiger charge is -2.31. The molecule has 1 atom stereocenters. The van der Waals surface area contributed by atoms with Gasteiger partial charge in [-0.1, -0.05) is 33.1 Å². The minimum Gasteiger partial charge on any atom is -0.462 e. The normalized spacial score (nSPS) is 19.2. The van der Waals surface area contributed by atoms with E-state index in [2.05, 4.69) is 5.32 Å². The highest BCUT2D eigenvalue weighted by atomic mass is 16.5. The molecule has 3 rings (SSSR count). The maximum Gasteiger partial charge on any atom is 0.338 e. The largest absolute Gasteiger partial charge is 0.462 e. The van der Waals surface area contributed by atoms with Crippen molar-refractivity contribution in [2.45, 2.75) is 58.4 Å². The number of esters is 2. The molecule has 1 N–H and O–H groups in total. The number of carbonyl (C=O) groups is 4. The van der Waals surface area contributed by atoms with E-state index in [4.69, 9.17) is 9.47 Å². The van der Waals surface area contributed by atoms with Crippen LogP contribution in [0.25, 0.3) is 0 Å². The lowest BCUT2D eigenvalue weighted by molar-refractivity contribution is -0.151. The molecule has 0 aromatic heterocycles. The van der Waals surface area contributed by atoms with E-state index in [1.54, 1.807) is 24.3 Å². The summed E-state index contributed by atoms with van der Waals surface area (Å²) in [6.45, 7) is 4.20. The van der Waals surface area contributed by atoms with Gasteiger partial charge >= 0.3 is 11.9 Å². The van der Waals surface area contributed by atoms with Gasteiger partial charge in [-0.05, 0) is 43.0 Å². The maximum absolute atomic E-state index is 12.4. The van der Waals surface area contributed by atoms with Gasteiger partial charge in [-0.2, -0.15) is 0 Å². The molecule has 2 fully saturated rings. The first-order valence-electron chi connectivity index (χ1n) is 11.4. The van der Waals surface area contributed by atoms with Crippen LogP contribution in [-0.4, -0.2) is 54.5 Å². The van der Waals surface area contributed by atoms with Crippen LogP contribution in [0.5, 0.6) is 0 Å². The summed E-state index contributed by atoms with van der Waals surface area (Å²) in [4.78, 5) is 50.6. The Hall–Kier alpha value is -2.90. The molecule has 0 radical (unpaired) electrons. The number of amides is 2. The van der Waals surface area contributed by atoms with Gasteiger partial charge < -0.3 is 19.7 Å². The first-order valence-corrected chi connectivity index (χ1v) is 11.4. The first-order chi connectivity index (χ1) is 15.3. The van der Waals surface area contributed by atoms with Gasteiger partial charge in [0.1, 0.15) is 0 Å². The van der Waals surface area contributed by atoms with Crippen molar-refractivity contribution in [3.8, 4) is 0 Å². The van der Waals surface area contributed by atoms with Gasteiger partial charge in [-0.25, -0.2) is 4.79 Å². The number of nitrogens with zero attached hydrogens (tertiary/aromatic N) is 1. The van der Waals surface area contributed by atoms with Crippen LogP contribution in [0, 0.1) is 11.8 Å². The molecule has 0 unspecified atom stereocenters. The quantitative estimate of drug-likeness (QED) is 0.618. The zero-order valence-electron chi connectivity index (χ0n) is 18.8. The second-order valence-corrected chi connectivity index (χ2v) is 8.96. The number of anilines is 1. The van der Waals surface area contributed by atoms with Gasteiger partial charge in [0.15, 0.2) is 6.61 Å². The maximum atomic E-state index is 12.4. The van der Waals surface area contributed by atoms with E-state index in [0.717, 1.165) is 25.7 Å². The van der Waals surface area contributed by atoms with Crippen molar-refractivity contribution < 1.29 is 28.7 Å². The van der Waals surface area contributed by atoms with Gasteiger partial charge in [0.2, 0.25) is 5.91 Å². The van der Waals surface area contributed by atoms with Crippen molar-refractivity contribution in [1.29, 1.82) is 0 Å². The molecular formula is C24H32N2O6. The molecule has 2 aliphatic rings. The highest BCUT2D eigenvalue weighted by Gasteiger charge is 2.39. The van der Waals surface area contributed by atoms with E-state index in [0.29, 0.717) is 24.4 Å². The molecule has 1 heterocycles. The Kier molecular flexibility index (Phi) is 8.25. The predicted octanol–water partition coefficient (Wildman–Crippen LogP) is 3.16. The minimum absolute atomic E-state index is 0.00434. The molecule has 2 amide bonds. The zero-order valence-corrected chi connectivity index (χ0v) is 18.8. The molecule has 0 spiro atoms. The molecule has 32 heavy (non-hydrogen) atoms. The Balaban J connectivity index is 1.42. The van der Waals surface area contributed by atoms with Crippen molar-refractivity contribution in [1.82, 2.24) is 4.90 Å². The summed E-state index contributed by atoms with van der Waals surface area (Å²) in [5, 5.41) is 2.63. The molecule has 1 aromatic rings. The fourth-order valence-electron chi connectivity index (χ4n) is 4.10. The van der Waals surface area contributed by atoms with E-state index >= 15 is 0 Å². The van der Waals surface area contributed by atoms with Gasteiger partial charge in [0.25, 0.3) is 5.91 Å². The molecule has 1 aromatic carbocycles. The predicted molar refractivity (Wildman–Crippen MR) is 118 cm³/mol. The van der Waals surface area contributed by atoms with E-state index in [-0.39, 0.29) is 24.3 Å². The van der Waals surface area contributed by atoms with E-state index in [1.165, 1.54) is 6.42 Å². The number of rotatable bonds is 8. The van der Waals surface area contributed by atoms with Crippen LogP contribution in [0.1, 0.15) is 62.7 Å². The van der Waals surface area contributed by atoms with Crippen molar-refractivity contribution in [2.75, 3.05) is 25.1 Å². The van der Waals surface area contributed by atoms with E-state index < -0.39 is 30.4 Å². The van der Waals surface area contributed by atoms with Crippen LogP contribution in [0.4, 0.5) is 5.69 Å². The standard InChI is InChI=1S/C24H32N2O6/c1-16(2)14-31-23(29)17-8-10-19(11-9-17)25-21(27)15-32-24(30)18-12-22(28)26(13-18)20-6-4-3-5-7-20/h8-11,16,18,20H,3-7,12-15H2,1-2H3,(H,25,27)/t18-/m0/s1. The third-order valence-electron chi connectivity index (χ3n) is 5.80. The highest BCUT2D eigenvalue weighted by Crippen LogP contribution is 2.29. The van der Waals surface area contributed by atoms with Crippen molar-refractivity contribution in [3.05, 3.63) is 29.8 Å². The molecule has 1 aliphatic carbocycles. The van der Waals surface area contributed by atoms with Crippen LogP contribution in [-0.2, 0) is 23.9 Å². The number of carbonyl (C=O) groups excluding carboxylic acids is 4. The average Bonchev–Trinajstić information content (AvgIpc) is 3.18. The van der Waals surface area contributed by atoms with Crippen molar-refractivity contribution >= 4 is 29.4 Å². The Morgan fingerprint density at radius 3 is 2.41 bits per heavy atom. The number of benzene rings is 1. The summed E-state index contributed by atoms with van der Waals surface area (Å²) in [5.74, 6) is -1.70. The topological polar surface area (TPSA) is 102 Å². The summed E-state index contributed by atoms with van der Waals surface area (Å²) in [7, 11) is 0. The molecule has 8 heteroatoms. The second-order valence-electron chi connectivity index (χ2n) is 8.96. The fourth-order valence-corrected chi connectivity index (χ4v) is 4.10. The monoisotopic (exact) mass is 444 g/mol. The number of hydrogen-bond donors (Lipinski definition) is 1. The molecular weight excluding hydrogens is 412 g/mol. The fraction of sp³-hybridized carbons (Fsp3) is 0.583. The van der Waals surface area contributed by atoms with E-state index in [9.17, 15) is 19.2 Å². The van der Waals surface area contributed by atoms with Crippen LogP contribution in [0.15, 0.2) is 24.3 Å². The first kappa shape index (κ1) is 23.8. The molecule has 1 saturated carbocycles. The number of ether oxygens (including phenoxy) is 2. The second kappa shape index (κ2) is 11.1. The van der Waals surface area contributed by atoms with Gasteiger partial charge in [-0.15, -0.1) is 0 Å². The summed E-state index contributed by atoms with van der Waals surface area (Å²) in [5.41, 5.74) is 0.870. The van der Waals surface area contributed by atoms with Crippen molar-refractivity contribution in [2.24, 2.45) is 11.8 Å². The molecule has 0 bridgehead atoms.